The van der Waals surface area contributed by atoms with Crippen molar-refractivity contribution in [1.29, 1.82) is 0 Å². The number of nitrogens with one attached hydrogen (secondary N) is 1. The van der Waals surface area contributed by atoms with E-state index in [-0.39, 0.29) is 18.3 Å². The molecule has 174 valence electrons. The maximum absolute atomic E-state index is 12.9. The number of aldehydes is 1. The summed E-state index contributed by atoms with van der Waals surface area (Å²) in [6, 6.07) is 21.3. The third-order valence-electron chi connectivity index (χ3n) is 5.73. The van der Waals surface area contributed by atoms with Crippen molar-refractivity contribution in [1.82, 2.24) is 9.88 Å². The van der Waals surface area contributed by atoms with Crippen LogP contribution in [0.25, 0.3) is 21.3 Å². The zero-order chi connectivity index (χ0) is 22.6. The smallest absolute Gasteiger partial charge is 0.257 e. The van der Waals surface area contributed by atoms with Crippen LogP contribution >= 0.6 is 23.7 Å². The average molecular weight is 494 g/mol. The maximum Gasteiger partial charge on any atom is 0.257 e. The van der Waals surface area contributed by atoms with E-state index in [9.17, 15) is 9.59 Å². The van der Waals surface area contributed by atoms with Crippen molar-refractivity contribution in [2.24, 2.45) is 0 Å². The fourth-order valence-corrected chi connectivity index (χ4v) is 5.00. The fraction of sp³-hybridized carbons (Fsp3) is 0.192. The van der Waals surface area contributed by atoms with Crippen LogP contribution in [-0.2, 0) is 11.3 Å². The van der Waals surface area contributed by atoms with Crippen LogP contribution in [0, 0.1) is 0 Å². The van der Waals surface area contributed by atoms with Crippen molar-refractivity contribution < 1.29 is 14.3 Å². The van der Waals surface area contributed by atoms with E-state index in [4.69, 9.17) is 4.74 Å². The van der Waals surface area contributed by atoms with E-state index in [0.29, 0.717) is 21.8 Å². The topological polar surface area (TPSA) is 71.5 Å². The number of hydrogen-bond acceptors (Lipinski definition) is 6. The average Bonchev–Trinajstić information content (AvgIpc) is 3.28. The van der Waals surface area contributed by atoms with Gasteiger partial charge in [0, 0.05) is 36.3 Å². The molecule has 1 aliphatic heterocycles. The molecule has 0 atom stereocenters. The summed E-state index contributed by atoms with van der Waals surface area (Å²) in [4.78, 5) is 31.3. The predicted octanol–water partition coefficient (Wildman–Crippen LogP) is 5.28. The number of thiazole rings is 1. The molecule has 1 saturated heterocycles. The van der Waals surface area contributed by atoms with Crippen LogP contribution in [-0.4, -0.2) is 48.4 Å². The van der Waals surface area contributed by atoms with Gasteiger partial charge in [0.15, 0.2) is 11.4 Å². The number of fused-ring (bicyclic) bond motifs is 1. The summed E-state index contributed by atoms with van der Waals surface area (Å²) in [6.45, 7) is 4.22. The normalized spacial score (nSPS) is 13.9. The van der Waals surface area contributed by atoms with Crippen molar-refractivity contribution in [3.05, 3.63) is 83.4 Å². The lowest BCUT2D eigenvalue weighted by atomic mass is 10.0. The first kappa shape index (κ1) is 24.0. The van der Waals surface area contributed by atoms with E-state index in [1.165, 1.54) is 11.3 Å². The predicted molar refractivity (Wildman–Crippen MR) is 138 cm³/mol. The Morgan fingerprint density at radius 1 is 1.03 bits per heavy atom. The molecule has 6 nitrogen and oxygen atoms in total. The second kappa shape index (κ2) is 10.9. The van der Waals surface area contributed by atoms with Gasteiger partial charge in [-0.05, 0) is 29.3 Å². The number of anilines is 1. The number of benzene rings is 3. The van der Waals surface area contributed by atoms with Crippen molar-refractivity contribution in [3.8, 4) is 11.1 Å². The number of aromatic nitrogens is 1. The number of amides is 1. The van der Waals surface area contributed by atoms with Gasteiger partial charge in [-0.1, -0.05) is 59.9 Å². The summed E-state index contributed by atoms with van der Waals surface area (Å²) >= 11 is 1.38. The molecule has 4 aromatic rings. The number of carbonyl (C=O) groups excluding carboxylic acids is 2. The highest BCUT2D eigenvalue weighted by Crippen LogP contribution is 2.36. The number of nitrogens with zero attached hydrogens (tertiary/aromatic N) is 2. The van der Waals surface area contributed by atoms with Gasteiger partial charge in [0.05, 0.1) is 23.4 Å². The third kappa shape index (κ3) is 5.18. The van der Waals surface area contributed by atoms with Gasteiger partial charge < -0.3 is 4.74 Å². The Morgan fingerprint density at radius 3 is 2.47 bits per heavy atom. The molecule has 1 fully saturated rings. The summed E-state index contributed by atoms with van der Waals surface area (Å²) < 4.78 is 6.27. The number of hydrogen-bond donors (Lipinski definition) is 1. The minimum Gasteiger partial charge on any atom is -0.379 e. The van der Waals surface area contributed by atoms with E-state index >= 15 is 0 Å². The lowest BCUT2D eigenvalue weighted by molar-refractivity contribution is 0.0342. The molecule has 1 aromatic heterocycles. The van der Waals surface area contributed by atoms with Gasteiger partial charge >= 0.3 is 0 Å². The summed E-state index contributed by atoms with van der Waals surface area (Å²) in [5.41, 5.74) is 4.87. The molecular weight excluding hydrogens is 470 g/mol. The number of rotatable bonds is 6. The van der Waals surface area contributed by atoms with Gasteiger partial charge in [0.2, 0.25) is 0 Å². The summed E-state index contributed by atoms with van der Waals surface area (Å²) in [7, 11) is 0. The minimum absolute atomic E-state index is 0. The summed E-state index contributed by atoms with van der Waals surface area (Å²) in [5.74, 6) is -0.221. The van der Waals surface area contributed by atoms with Crippen LogP contribution in [0.3, 0.4) is 0 Å². The van der Waals surface area contributed by atoms with Crippen LogP contribution < -0.4 is 5.32 Å². The van der Waals surface area contributed by atoms with Crippen LogP contribution in [0.2, 0.25) is 0 Å². The van der Waals surface area contributed by atoms with Gasteiger partial charge in [-0.3, -0.25) is 19.8 Å². The third-order valence-corrected chi connectivity index (χ3v) is 6.74. The second-order valence-electron chi connectivity index (χ2n) is 7.92. The van der Waals surface area contributed by atoms with E-state index in [1.54, 1.807) is 6.07 Å². The summed E-state index contributed by atoms with van der Waals surface area (Å²) in [5, 5.41) is 3.38. The highest BCUT2D eigenvalue weighted by Gasteiger charge is 2.16. The molecule has 34 heavy (non-hydrogen) atoms. The molecule has 8 heteroatoms. The van der Waals surface area contributed by atoms with Gasteiger partial charge in [0.25, 0.3) is 5.91 Å². The zero-order valence-corrected chi connectivity index (χ0v) is 20.0. The number of carbonyl (C=O) groups is 2. The molecule has 0 radical (unpaired) electrons. The van der Waals surface area contributed by atoms with Crippen molar-refractivity contribution in [2.45, 2.75) is 6.54 Å². The molecular formula is C26H24ClN3O3S. The minimum atomic E-state index is -0.221. The number of morpholine rings is 1. The van der Waals surface area contributed by atoms with E-state index in [0.717, 1.165) is 60.5 Å². The van der Waals surface area contributed by atoms with E-state index < -0.39 is 0 Å². The van der Waals surface area contributed by atoms with Crippen LogP contribution in [0.5, 0.6) is 0 Å². The van der Waals surface area contributed by atoms with Gasteiger partial charge in [-0.25, -0.2) is 4.98 Å². The molecule has 2 heterocycles. The largest absolute Gasteiger partial charge is 0.379 e. The van der Waals surface area contributed by atoms with Crippen LogP contribution in [0.15, 0.2) is 66.7 Å². The Morgan fingerprint density at radius 2 is 1.76 bits per heavy atom. The molecule has 1 aliphatic rings. The molecule has 3 aromatic carbocycles. The van der Waals surface area contributed by atoms with Crippen molar-refractivity contribution >= 4 is 51.3 Å². The Hall–Kier alpha value is -3.10. The Labute approximate surface area is 208 Å². The number of halogens is 1. The Kier molecular flexibility index (Phi) is 7.70. The summed E-state index contributed by atoms with van der Waals surface area (Å²) in [6.07, 6.45) is 0.801. The Bertz CT molecular complexity index is 1290. The highest BCUT2D eigenvalue weighted by molar-refractivity contribution is 7.23. The van der Waals surface area contributed by atoms with Gasteiger partial charge in [0.1, 0.15) is 0 Å². The maximum atomic E-state index is 12.9. The van der Waals surface area contributed by atoms with Gasteiger partial charge in [-0.2, -0.15) is 0 Å². The van der Waals surface area contributed by atoms with Crippen LogP contribution in [0.1, 0.15) is 26.3 Å². The van der Waals surface area contributed by atoms with Gasteiger partial charge in [-0.15, -0.1) is 12.4 Å². The molecule has 0 saturated carbocycles. The van der Waals surface area contributed by atoms with Crippen LogP contribution in [0.4, 0.5) is 5.13 Å². The Balaban J connectivity index is 0.00000274. The standard InChI is InChI=1S/C26H23N3O3S.ClH/c30-17-21-10-11-22(19-4-2-1-3-5-19)24-23(21)27-26(33-24)28-25(31)20-8-6-18(7-9-20)16-29-12-14-32-15-13-29;/h1-11,17H,12-16H2,(H,27,28,31);1H. The second-order valence-corrected chi connectivity index (χ2v) is 8.92. The first-order valence-electron chi connectivity index (χ1n) is 10.9. The monoisotopic (exact) mass is 493 g/mol. The van der Waals surface area contributed by atoms with Crippen molar-refractivity contribution in [3.63, 3.8) is 0 Å². The molecule has 0 aliphatic carbocycles. The lowest BCUT2D eigenvalue weighted by Crippen LogP contribution is -2.35. The lowest BCUT2D eigenvalue weighted by Gasteiger charge is -2.26. The fourth-order valence-electron chi connectivity index (χ4n) is 3.97. The molecule has 0 spiro atoms. The molecule has 1 amide bonds. The van der Waals surface area contributed by atoms with E-state index in [2.05, 4.69) is 15.2 Å². The molecule has 5 rings (SSSR count). The quantitative estimate of drug-likeness (QED) is 0.370. The first-order valence-corrected chi connectivity index (χ1v) is 11.7. The molecule has 0 unspecified atom stereocenters. The van der Waals surface area contributed by atoms with Crippen molar-refractivity contribution in [2.75, 3.05) is 31.6 Å². The molecule has 1 N–H and O–H groups in total. The number of ether oxygens (including phenoxy) is 1. The first-order chi connectivity index (χ1) is 16.2. The zero-order valence-electron chi connectivity index (χ0n) is 18.4. The SMILES string of the molecule is Cl.O=Cc1ccc(-c2ccccc2)c2sc(NC(=O)c3ccc(CN4CCOCC4)cc3)nc12. The molecule has 0 bridgehead atoms. The highest BCUT2D eigenvalue weighted by atomic mass is 35.5. The van der Waals surface area contributed by atoms with E-state index in [1.807, 2.05) is 60.7 Å².